The van der Waals surface area contributed by atoms with E-state index in [9.17, 15) is 23.3 Å². The number of hydrogen-bond donors (Lipinski definition) is 2. The number of non-ortho nitro benzene ring substituents is 1. The molecule has 0 fully saturated rings. The summed E-state index contributed by atoms with van der Waals surface area (Å²) in [6, 6.07) is 11.6. The SMILES string of the molecule is O=C(CCNS(=O)(=O)c1ccc(Br)cc1)Nc1cccc([N+](=O)[O-])c1. The van der Waals surface area contributed by atoms with Crippen molar-refractivity contribution in [3.05, 3.63) is 63.1 Å². The van der Waals surface area contributed by atoms with E-state index in [1.54, 1.807) is 12.1 Å². The van der Waals surface area contributed by atoms with Gasteiger partial charge in [0.1, 0.15) is 0 Å². The van der Waals surface area contributed by atoms with Gasteiger partial charge in [0.25, 0.3) is 5.69 Å². The number of rotatable bonds is 7. The van der Waals surface area contributed by atoms with Crippen molar-refractivity contribution < 1.29 is 18.1 Å². The maximum absolute atomic E-state index is 12.1. The van der Waals surface area contributed by atoms with Crippen LogP contribution < -0.4 is 10.0 Å². The minimum Gasteiger partial charge on any atom is -0.326 e. The molecule has 10 heteroatoms. The number of nitro groups is 1. The van der Waals surface area contributed by atoms with Crippen LogP contribution in [0.5, 0.6) is 0 Å². The molecule has 0 heterocycles. The fourth-order valence-corrected chi connectivity index (χ4v) is 3.21. The number of anilines is 1. The van der Waals surface area contributed by atoms with Crippen molar-refractivity contribution in [3.8, 4) is 0 Å². The Morgan fingerprint density at radius 2 is 1.84 bits per heavy atom. The van der Waals surface area contributed by atoms with Crippen LogP contribution in [0.2, 0.25) is 0 Å². The van der Waals surface area contributed by atoms with Gasteiger partial charge in [-0.25, -0.2) is 13.1 Å². The monoisotopic (exact) mass is 427 g/mol. The molecule has 1 amide bonds. The molecule has 2 N–H and O–H groups in total. The van der Waals surface area contributed by atoms with E-state index in [0.29, 0.717) is 0 Å². The highest BCUT2D eigenvalue weighted by atomic mass is 79.9. The van der Waals surface area contributed by atoms with E-state index < -0.39 is 20.9 Å². The van der Waals surface area contributed by atoms with Gasteiger partial charge in [-0.2, -0.15) is 0 Å². The molecule has 0 saturated heterocycles. The summed E-state index contributed by atoms with van der Waals surface area (Å²) in [7, 11) is -3.70. The molecule has 2 rings (SSSR count). The third-order valence-electron chi connectivity index (χ3n) is 3.11. The number of nitrogens with one attached hydrogen (secondary N) is 2. The number of sulfonamides is 1. The number of halogens is 1. The topological polar surface area (TPSA) is 118 Å². The standard InChI is InChI=1S/C15H14BrN3O5S/c16-11-4-6-14(7-5-11)25(23,24)17-9-8-15(20)18-12-2-1-3-13(10-12)19(21)22/h1-7,10,17H,8-9H2,(H,18,20). The van der Waals surface area contributed by atoms with Crippen LogP contribution in [0.15, 0.2) is 57.9 Å². The highest BCUT2D eigenvalue weighted by molar-refractivity contribution is 9.10. The number of nitrogens with zero attached hydrogens (tertiary/aromatic N) is 1. The summed E-state index contributed by atoms with van der Waals surface area (Å²) in [6.07, 6.45) is -0.113. The molecule has 0 bridgehead atoms. The van der Waals surface area contributed by atoms with Crippen LogP contribution in [0.4, 0.5) is 11.4 Å². The fourth-order valence-electron chi connectivity index (χ4n) is 1.92. The van der Waals surface area contributed by atoms with E-state index in [2.05, 4.69) is 26.0 Å². The van der Waals surface area contributed by atoms with Gasteiger partial charge in [0.05, 0.1) is 9.82 Å². The van der Waals surface area contributed by atoms with Crippen LogP contribution >= 0.6 is 15.9 Å². The molecule has 8 nitrogen and oxygen atoms in total. The van der Waals surface area contributed by atoms with E-state index >= 15 is 0 Å². The quantitative estimate of drug-likeness (QED) is 0.519. The molecular formula is C15H14BrN3O5S. The van der Waals surface area contributed by atoms with Crippen LogP contribution in [0.1, 0.15) is 6.42 Å². The average Bonchev–Trinajstić information content (AvgIpc) is 2.55. The predicted molar refractivity (Wildman–Crippen MR) is 95.7 cm³/mol. The molecule has 0 radical (unpaired) electrons. The average molecular weight is 428 g/mol. The number of benzene rings is 2. The van der Waals surface area contributed by atoms with E-state index in [1.807, 2.05) is 0 Å². The predicted octanol–water partition coefficient (Wildman–Crippen LogP) is 2.66. The molecule has 2 aromatic rings. The third kappa shape index (κ3) is 5.62. The Hall–Kier alpha value is -2.30. The normalized spacial score (nSPS) is 11.1. The molecule has 0 aliphatic carbocycles. The maximum Gasteiger partial charge on any atom is 0.271 e. The van der Waals surface area contributed by atoms with Crippen LogP contribution in [0, 0.1) is 10.1 Å². The van der Waals surface area contributed by atoms with E-state index in [4.69, 9.17) is 0 Å². The zero-order valence-electron chi connectivity index (χ0n) is 12.8. The summed E-state index contributed by atoms with van der Waals surface area (Å²) in [5, 5.41) is 13.2. The summed E-state index contributed by atoms with van der Waals surface area (Å²) in [5.41, 5.74) is 0.128. The Morgan fingerprint density at radius 3 is 2.48 bits per heavy atom. The molecule has 0 atom stereocenters. The molecule has 25 heavy (non-hydrogen) atoms. The van der Waals surface area contributed by atoms with E-state index in [1.165, 1.54) is 36.4 Å². The number of nitro benzene ring substituents is 1. The van der Waals surface area contributed by atoms with Gasteiger partial charge in [0, 0.05) is 35.3 Å². The molecule has 0 aliphatic heterocycles. The van der Waals surface area contributed by atoms with Gasteiger partial charge in [-0.05, 0) is 30.3 Å². The van der Waals surface area contributed by atoms with Crippen molar-refractivity contribution in [3.63, 3.8) is 0 Å². The highest BCUT2D eigenvalue weighted by Crippen LogP contribution is 2.17. The molecule has 0 aromatic heterocycles. The molecule has 0 unspecified atom stereocenters. The number of carbonyl (C=O) groups is 1. The van der Waals surface area contributed by atoms with Crippen molar-refractivity contribution in [2.45, 2.75) is 11.3 Å². The van der Waals surface area contributed by atoms with Crippen molar-refractivity contribution >= 4 is 43.2 Å². The Kier molecular flexibility index (Phi) is 6.23. The summed E-state index contributed by atoms with van der Waals surface area (Å²) < 4.78 is 27.2. The number of hydrogen-bond acceptors (Lipinski definition) is 5. The lowest BCUT2D eigenvalue weighted by atomic mass is 10.2. The van der Waals surface area contributed by atoms with Crippen LogP contribution in [0.25, 0.3) is 0 Å². The first-order valence-corrected chi connectivity index (χ1v) is 9.35. The van der Waals surface area contributed by atoms with Crippen LogP contribution in [-0.2, 0) is 14.8 Å². The minimum absolute atomic E-state index is 0.0924. The molecule has 132 valence electrons. The first kappa shape index (κ1) is 19.0. The molecule has 0 spiro atoms. The van der Waals surface area contributed by atoms with Gasteiger partial charge < -0.3 is 5.32 Å². The Labute approximate surface area is 152 Å². The zero-order chi connectivity index (χ0) is 18.4. The second kappa shape index (κ2) is 8.19. The Morgan fingerprint density at radius 1 is 1.16 bits per heavy atom. The van der Waals surface area contributed by atoms with Crippen molar-refractivity contribution in [1.82, 2.24) is 4.72 Å². The lowest BCUT2D eigenvalue weighted by Crippen LogP contribution is -2.27. The summed E-state index contributed by atoms with van der Waals surface area (Å²) in [4.78, 5) is 22.1. The van der Waals surface area contributed by atoms with Gasteiger partial charge in [-0.3, -0.25) is 14.9 Å². The largest absolute Gasteiger partial charge is 0.326 e. The number of carbonyl (C=O) groups excluding carboxylic acids is 1. The Balaban J connectivity index is 1.89. The number of amides is 1. The summed E-state index contributed by atoms with van der Waals surface area (Å²) in [5.74, 6) is -0.459. The van der Waals surface area contributed by atoms with E-state index in [-0.39, 0.29) is 29.2 Å². The highest BCUT2D eigenvalue weighted by Gasteiger charge is 2.14. The molecule has 0 saturated carbocycles. The fraction of sp³-hybridized carbons (Fsp3) is 0.133. The second-order valence-corrected chi connectivity index (χ2v) is 7.64. The lowest BCUT2D eigenvalue weighted by molar-refractivity contribution is -0.384. The lowest BCUT2D eigenvalue weighted by Gasteiger charge is -2.08. The van der Waals surface area contributed by atoms with Gasteiger partial charge in [0.15, 0.2) is 0 Å². The first-order chi connectivity index (χ1) is 11.8. The maximum atomic E-state index is 12.1. The summed E-state index contributed by atoms with van der Waals surface area (Å²) >= 11 is 3.22. The first-order valence-electron chi connectivity index (χ1n) is 7.07. The van der Waals surface area contributed by atoms with Gasteiger partial charge in [-0.15, -0.1) is 0 Å². The second-order valence-electron chi connectivity index (χ2n) is 4.96. The molecule has 2 aromatic carbocycles. The molecule has 0 aliphatic rings. The zero-order valence-corrected chi connectivity index (χ0v) is 15.2. The van der Waals surface area contributed by atoms with Gasteiger partial charge in [0.2, 0.25) is 15.9 Å². The Bertz CT molecular complexity index is 884. The van der Waals surface area contributed by atoms with Crippen molar-refractivity contribution in [2.75, 3.05) is 11.9 Å². The third-order valence-corrected chi connectivity index (χ3v) is 5.11. The van der Waals surface area contributed by atoms with Crippen molar-refractivity contribution in [1.29, 1.82) is 0 Å². The van der Waals surface area contributed by atoms with Crippen LogP contribution in [-0.4, -0.2) is 25.8 Å². The van der Waals surface area contributed by atoms with Crippen LogP contribution in [0.3, 0.4) is 0 Å². The van der Waals surface area contributed by atoms with Gasteiger partial charge >= 0.3 is 0 Å². The van der Waals surface area contributed by atoms with Crippen molar-refractivity contribution in [2.24, 2.45) is 0 Å². The smallest absolute Gasteiger partial charge is 0.271 e. The van der Waals surface area contributed by atoms with Gasteiger partial charge in [-0.1, -0.05) is 22.0 Å². The van der Waals surface area contributed by atoms with E-state index in [0.717, 1.165) is 4.47 Å². The molecular weight excluding hydrogens is 414 g/mol. The minimum atomic E-state index is -3.70. The summed E-state index contributed by atoms with van der Waals surface area (Å²) in [6.45, 7) is -0.0981.